The van der Waals surface area contributed by atoms with Crippen molar-refractivity contribution in [3.8, 4) is 0 Å². The first-order valence-corrected chi connectivity index (χ1v) is 9.00. The molecule has 4 rings (SSSR count). The summed E-state index contributed by atoms with van der Waals surface area (Å²) < 4.78 is 20.3. The molecule has 26 heavy (non-hydrogen) atoms. The van der Waals surface area contributed by atoms with E-state index in [2.05, 4.69) is 25.2 Å². The summed E-state index contributed by atoms with van der Waals surface area (Å²) in [4.78, 5) is 26.9. The minimum atomic E-state index is -1.38. The second kappa shape index (κ2) is 7.11. The average molecular weight is 359 g/mol. The number of carbonyl (C=O) groups is 1. The maximum Gasteiger partial charge on any atom is 0.225 e. The fraction of sp³-hybridized carbons (Fsp3) is 0.556. The monoisotopic (exact) mass is 359 g/mol. The number of aromatic nitrogens is 3. The SMILES string of the molecule is O=C(NCC1(F)CCN(c2ncnc3ncccc23)CC1)C1CCOC1. The molecule has 0 aromatic carbocycles. The summed E-state index contributed by atoms with van der Waals surface area (Å²) in [6, 6.07) is 3.78. The first-order chi connectivity index (χ1) is 12.6. The maximum atomic E-state index is 15.1. The van der Waals surface area contributed by atoms with Crippen LogP contribution in [-0.4, -0.2) is 59.4 Å². The van der Waals surface area contributed by atoms with Crippen LogP contribution >= 0.6 is 0 Å². The van der Waals surface area contributed by atoms with E-state index >= 15 is 4.39 Å². The van der Waals surface area contributed by atoms with Gasteiger partial charge in [0, 0.05) is 38.7 Å². The second-order valence-corrected chi connectivity index (χ2v) is 6.99. The summed E-state index contributed by atoms with van der Waals surface area (Å²) in [5.74, 6) is 0.547. The number of fused-ring (bicyclic) bond motifs is 1. The Labute approximate surface area is 151 Å². The number of halogens is 1. The van der Waals surface area contributed by atoms with E-state index in [1.54, 1.807) is 6.20 Å². The van der Waals surface area contributed by atoms with Crippen molar-refractivity contribution in [3.05, 3.63) is 24.7 Å². The van der Waals surface area contributed by atoms with Gasteiger partial charge in [0.1, 0.15) is 17.8 Å². The van der Waals surface area contributed by atoms with Crippen molar-refractivity contribution in [2.75, 3.05) is 37.7 Å². The van der Waals surface area contributed by atoms with Crippen LogP contribution in [0.4, 0.5) is 10.2 Å². The molecule has 2 aromatic heterocycles. The van der Waals surface area contributed by atoms with E-state index < -0.39 is 5.67 Å². The lowest BCUT2D eigenvalue weighted by atomic mass is 9.92. The first-order valence-electron chi connectivity index (χ1n) is 9.00. The molecule has 0 radical (unpaired) electrons. The normalized spacial score (nSPS) is 22.5. The summed E-state index contributed by atoms with van der Waals surface area (Å²) in [6.07, 6.45) is 4.60. The van der Waals surface area contributed by atoms with Gasteiger partial charge in [0.05, 0.1) is 24.5 Å². The number of anilines is 1. The molecule has 0 saturated carbocycles. The van der Waals surface area contributed by atoms with Crippen LogP contribution in [0.2, 0.25) is 0 Å². The quantitative estimate of drug-likeness (QED) is 0.891. The third kappa shape index (κ3) is 3.46. The molecule has 2 aliphatic heterocycles. The highest BCUT2D eigenvalue weighted by atomic mass is 19.1. The minimum Gasteiger partial charge on any atom is -0.381 e. The molecule has 0 spiro atoms. The number of rotatable bonds is 4. The highest BCUT2D eigenvalue weighted by Gasteiger charge is 2.36. The van der Waals surface area contributed by atoms with Crippen molar-refractivity contribution in [1.29, 1.82) is 0 Å². The molecule has 1 unspecified atom stereocenters. The van der Waals surface area contributed by atoms with Crippen molar-refractivity contribution in [3.63, 3.8) is 0 Å². The van der Waals surface area contributed by atoms with Crippen LogP contribution in [0.25, 0.3) is 11.0 Å². The molecule has 8 heteroatoms. The molecular formula is C18H22FN5O2. The van der Waals surface area contributed by atoms with Gasteiger partial charge in [-0.15, -0.1) is 0 Å². The number of amides is 1. The molecule has 0 bridgehead atoms. The molecule has 1 atom stereocenters. The predicted molar refractivity (Wildman–Crippen MR) is 94.6 cm³/mol. The molecule has 7 nitrogen and oxygen atoms in total. The van der Waals surface area contributed by atoms with Gasteiger partial charge in [-0.1, -0.05) is 0 Å². The molecule has 2 aliphatic rings. The van der Waals surface area contributed by atoms with Crippen LogP contribution in [0.3, 0.4) is 0 Å². The Hall–Kier alpha value is -2.35. The number of alkyl halides is 1. The Morgan fingerprint density at radius 3 is 2.96 bits per heavy atom. The lowest BCUT2D eigenvalue weighted by Gasteiger charge is -2.37. The maximum absolute atomic E-state index is 15.1. The van der Waals surface area contributed by atoms with Gasteiger partial charge in [-0.25, -0.2) is 19.3 Å². The van der Waals surface area contributed by atoms with Crippen molar-refractivity contribution < 1.29 is 13.9 Å². The number of hydrogen-bond donors (Lipinski definition) is 1. The van der Waals surface area contributed by atoms with Gasteiger partial charge >= 0.3 is 0 Å². The number of ether oxygens (including phenoxy) is 1. The Balaban J connectivity index is 1.37. The van der Waals surface area contributed by atoms with Gasteiger partial charge in [0.2, 0.25) is 5.91 Å². The van der Waals surface area contributed by atoms with Gasteiger partial charge in [0.15, 0.2) is 5.65 Å². The second-order valence-electron chi connectivity index (χ2n) is 6.99. The van der Waals surface area contributed by atoms with E-state index in [4.69, 9.17) is 4.74 Å². The molecular weight excluding hydrogens is 337 g/mol. The number of pyridine rings is 1. The largest absolute Gasteiger partial charge is 0.381 e. The zero-order valence-electron chi connectivity index (χ0n) is 14.5. The summed E-state index contributed by atoms with van der Waals surface area (Å²) in [5, 5.41) is 3.64. The number of carbonyl (C=O) groups excluding carboxylic acids is 1. The molecule has 2 aromatic rings. The minimum absolute atomic E-state index is 0.0578. The topological polar surface area (TPSA) is 80.2 Å². The fourth-order valence-electron chi connectivity index (χ4n) is 3.56. The van der Waals surface area contributed by atoms with E-state index in [9.17, 15) is 4.79 Å². The standard InChI is InChI=1S/C18H22FN5O2/c19-18(11-21-17(25)13-3-9-26-10-13)4-7-24(8-5-18)16-14-2-1-6-20-15(14)22-12-23-16/h1-2,6,12-13H,3-5,7-11H2,(H,21,25). The third-order valence-corrected chi connectivity index (χ3v) is 5.23. The van der Waals surface area contributed by atoms with Gasteiger partial charge in [0.25, 0.3) is 0 Å². The Kier molecular flexibility index (Phi) is 4.67. The molecule has 2 fully saturated rings. The Bertz CT molecular complexity index is 783. The number of nitrogens with zero attached hydrogens (tertiary/aromatic N) is 4. The first kappa shape index (κ1) is 17.1. The molecule has 1 amide bonds. The Morgan fingerprint density at radius 1 is 1.35 bits per heavy atom. The smallest absolute Gasteiger partial charge is 0.225 e. The zero-order chi connectivity index (χ0) is 18.0. The highest BCUT2D eigenvalue weighted by Crippen LogP contribution is 2.30. The Morgan fingerprint density at radius 2 is 2.19 bits per heavy atom. The predicted octanol–water partition coefficient (Wildman–Crippen LogP) is 1.49. The van der Waals surface area contributed by atoms with Crippen LogP contribution < -0.4 is 10.2 Å². The van der Waals surface area contributed by atoms with E-state index in [1.165, 1.54) is 6.33 Å². The summed E-state index contributed by atoms with van der Waals surface area (Å²) >= 11 is 0. The highest BCUT2D eigenvalue weighted by molar-refractivity contribution is 5.86. The summed E-state index contributed by atoms with van der Waals surface area (Å²) in [6.45, 7) is 2.19. The lowest BCUT2D eigenvalue weighted by molar-refractivity contribution is -0.125. The van der Waals surface area contributed by atoms with Crippen LogP contribution in [0.5, 0.6) is 0 Å². The van der Waals surface area contributed by atoms with Crippen LogP contribution in [0.1, 0.15) is 19.3 Å². The van der Waals surface area contributed by atoms with Crippen molar-refractivity contribution in [1.82, 2.24) is 20.3 Å². The van der Waals surface area contributed by atoms with Crippen molar-refractivity contribution in [2.24, 2.45) is 5.92 Å². The number of nitrogens with one attached hydrogen (secondary N) is 1. The van der Waals surface area contributed by atoms with Gasteiger partial charge in [-0.3, -0.25) is 4.79 Å². The zero-order valence-corrected chi connectivity index (χ0v) is 14.5. The fourth-order valence-corrected chi connectivity index (χ4v) is 3.56. The molecule has 4 heterocycles. The molecule has 0 aliphatic carbocycles. The van der Waals surface area contributed by atoms with E-state index in [-0.39, 0.29) is 18.4 Å². The van der Waals surface area contributed by atoms with Crippen LogP contribution in [0, 0.1) is 5.92 Å². The summed E-state index contributed by atoms with van der Waals surface area (Å²) in [5.41, 5.74) is -0.743. The van der Waals surface area contributed by atoms with Crippen LogP contribution in [0.15, 0.2) is 24.7 Å². The molecule has 1 N–H and O–H groups in total. The van der Waals surface area contributed by atoms with E-state index in [1.807, 2.05) is 12.1 Å². The lowest BCUT2D eigenvalue weighted by Crippen LogP contribution is -2.49. The van der Waals surface area contributed by atoms with Crippen molar-refractivity contribution in [2.45, 2.75) is 24.9 Å². The van der Waals surface area contributed by atoms with E-state index in [0.29, 0.717) is 51.2 Å². The summed E-state index contributed by atoms with van der Waals surface area (Å²) in [7, 11) is 0. The van der Waals surface area contributed by atoms with Crippen LogP contribution in [-0.2, 0) is 9.53 Å². The third-order valence-electron chi connectivity index (χ3n) is 5.23. The molecule has 2 saturated heterocycles. The van der Waals surface area contributed by atoms with Gasteiger partial charge < -0.3 is 15.0 Å². The van der Waals surface area contributed by atoms with Crippen molar-refractivity contribution >= 4 is 22.8 Å². The average Bonchev–Trinajstić information content (AvgIpc) is 3.21. The molecule has 138 valence electrons. The van der Waals surface area contributed by atoms with Gasteiger partial charge in [-0.2, -0.15) is 0 Å². The number of hydrogen-bond acceptors (Lipinski definition) is 6. The van der Waals surface area contributed by atoms with Gasteiger partial charge in [-0.05, 0) is 18.6 Å². The number of piperidine rings is 1. The van der Waals surface area contributed by atoms with E-state index in [0.717, 1.165) is 11.2 Å².